The van der Waals surface area contributed by atoms with Crippen molar-refractivity contribution in [2.24, 2.45) is 11.8 Å². The van der Waals surface area contributed by atoms with Crippen molar-refractivity contribution < 1.29 is 14.3 Å². The summed E-state index contributed by atoms with van der Waals surface area (Å²) < 4.78 is 5.86. The fourth-order valence-electron chi connectivity index (χ4n) is 2.93. The van der Waals surface area contributed by atoms with E-state index in [1.54, 1.807) is 0 Å². The Kier molecular flexibility index (Phi) is 14.4. The number of ketones is 1. The minimum Gasteiger partial charge on any atom is -0.364 e. The predicted molar refractivity (Wildman–Crippen MR) is 121 cm³/mol. The predicted octanol–water partition coefficient (Wildman–Crippen LogP) is 3.44. The highest BCUT2D eigenvalue weighted by Gasteiger charge is 2.34. The average Bonchev–Trinajstić information content (AvgIpc) is 2.84. The van der Waals surface area contributed by atoms with Gasteiger partial charge in [-0.2, -0.15) is 40.5 Å². The molecule has 0 heterocycles. The molecule has 4 nitrogen and oxygen atoms in total. The lowest BCUT2D eigenvalue weighted by atomic mass is 10.0. The molecule has 0 aliphatic heterocycles. The van der Waals surface area contributed by atoms with E-state index in [0.717, 1.165) is 12.0 Å². The minimum absolute atomic E-state index is 0. The standard InChI is InChI=1S/C19H27NO3.3H2S/c1-13(2)11-17(23-12-15-7-5-4-6-8-15)19(22)20-18-14(3)9-10-16(18)21;;;/h4-8,13-14,17-18H,9-12H2,1-3H3,(H,20,22);3*1H2/t14-,17-,18-;;;/m0.../s1. The van der Waals surface area contributed by atoms with Gasteiger partial charge in [0, 0.05) is 6.42 Å². The SMILES string of the molecule is CC(C)C[C@H](OCc1ccccc1)C(=O)N[C@@H]1C(=O)CC[C@@H]1C.S.S.S. The molecule has 0 spiro atoms. The molecule has 0 unspecified atom stereocenters. The zero-order valence-electron chi connectivity index (χ0n) is 15.7. The van der Waals surface area contributed by atoms with E-state index in [1.165, 1.54) is 0 Å². The number of amides is 1. The first-order chi connectivity index (χ1) is 11.0. The molecule has 1 aromatic carbocycles. The summed E-state index contributed by atoms with van der Waals surface area (Å²) >= 11 is 0. The van der Waals surface area contributed by atoms with Gasteiger partial charge in [-0.3, -0.25) is 9.59 Å². The van der Waals surface area contributed by atoms with E-state index in [9.17, 15) is 9.59 Å². The van der Waals surface area contributed by atoms with E-state index in [1.807, 2.05) is 37.3 Å². The lowest BCUT2D eigenvalue weighted by Crippen LogP contribution is -2.46. The molecule has 0 aromatic heterocycles. The summed E-state index contributed by atoms with van der Waals surface area (Å²) in [5.74, 6) is 0.525. The summed E-state index contributed by atoms with van der Waals surface area (Å²) in [6, 6.07) is 9.47. The normalized spacial score (nSPS) is 19.8. The van der Waals surface area contributed by atoms with Crippen molar-refractivity contribution in [2.75, 3.05) is 0 Å². The second-order valence-electron chi connectivity index (χ2n) is 6.88. The topological polar surface area (TPSA) is 55.4 Å². The van der Waals surface area contributed by atoms with E-state index in [4.69, 9.17) is 4.74 Å². The monoisotopic (exact) mass is 419 g/mol. The third kappa shape index (κ3) is 8.37. The maximum absolute atomic E-state index is 12.6. The Morgan fingerprint density at radius 1 is 1.19 bits per heavy atom. The number of ether oxygens (including phenoxy) is 1. The molecule has 26 heavy (non-hydrogen) atoms. The van der Waals surface area contributed by atoms with Gasteiger partial charge in [0.05, 0.1) is 12.6 Å². The third-order valence-corrected chi connectivity index (χ3v) is 4.33. The van der Waals surface area contributed by atoms with Gasteiger partial charge >= 0.3 is 0 Å². The van der Waals surface area contributed by atoms with E-state index in [-0.39, 0.29) is 64.1 Å². The van der Waals surface area contributed by atoms with Gasteiger partial charge in [0.25, 0.3) is 0 Å². The molecular formula is C19H33NO3S3. The maximum Gasteiger partial charge on any atom is 0.249 e. The molecule has 0 radical (unpaired) electrons. The van der Waals surface area contributed by atoms with Crippen molar-refractivity contribution >= 4 is 52.2 Å². The van der Waals surface area contributed by atoms with Crippen molar-refractivity contribution in [1.82, 2.24) is 5.32 Å². The van der Waals surface area contributed by atoms with E-state index in [2.05, 4.69) is 19.2 Å². The van der Waals surface area contributed by atoms with Crippen LogP contribution in [0.2, 0.25) is 0 Å². The van der Waals surface area contributed by atoms with Crippen LogP contribution in [-0.4, -0.2) is 23.8 Å². The maximum atomic E-state index is 12.6. The minimum atomic E-state index is -0.518. The summed E-state index contributed by atoms with van der Waals surface area (Å²) in [6.07, 6.45) is 1.54. The first kappa shape index (κ1) is 27.6. The molecule has 1 saturated carbocycles. The molecule has 1 N–H and O–H groups in total. The number of Topliss-reactive ketones (excluding diaryl/α,β-unsaturated/α-hetero) is 1. The molecule has 1 aliphatic carbocycles. The molecule has 7 heteroatoms. The zero-order valence-corrected chi connectivity index (χ0v) is 18.7. The largest absolute Gasteiger partial charge is 0.364 e. The molecule has 1 aliphatic rings. The van der Waals surface area contributed by atoms with E-state index < -0.39 is 6.10 Å². The van der Waals surface area contributed by atoms with Crippen LogP contribution in [0.5, 0.6) is 0 Å². The van der Waals surface area contributed by atoms with Crippen LogP contribution in [0.3, 0.4) is 0 Å². The molecule has 2 rings (SSSR count). The number of carbonyl (C=O) groups excluding carboxylic acids is 2. The summed E-state index contributed by atoms with van der Waals surface area (Å²) in [6.45, 7) is 6.54. The van der Waals surface area contributed by atoms with Crippen molar-refractivity contribution in [3.63, 3.8) is 0 Å². The lowest BCUT2D eigenvalue weighted by Gasteiger charge is -2.23. The Balaban J connectivity index is 0. The fraction of sp³-hybridized carbons (Fsp3) is 0.579. The highest BCUT2D eigenvalue weighted by Crippen LogP contribution is 2.22. The molecule has 0 saturated heterocycles. The number of hydrogen-bond acceptors (Lipinski definition) is 3. The number of rotatable bonds is 7. The second-order valence-corrected chi connectivity index (χ2v) is 6.88. The van der Waals surface area contributed by atoms with Crippen LogP contribution in [0.4, 0.5) is 0 Å². The summed E-state index contributed by atoms with van der Waals surface area (Å²) in [4.78, 5) is 24.4. The van der Waals surface area contributed by atoms with Crippen LogP contribution >= 0.6 is 40.5 Å². The van der Waals surface area contributed by atoms with Gasteiger partial charge in [-0.1, -0.05) is 51.1 Å². The van der Waals surface area contributed by atoms with Crippen molar-refractivity contribution in [2.45, 2.75) is 58.8 Å². The van der Waals surface area contributed by atoms with Crippen molar-refractivity contribution in [3.8, 4) is 0 Å². The van der Waals surface area contributed by atoms with Crippen LogP contribution in [0.25, 0.3) is 0 Å². The first-order valence-corrected chi connectivity index (χ1v) is 8.46. The van der Waals surface area contributed by atoms with Gasteiger partial charge < -0.3 is 10.1 Å². The van der Waals surface area contributed by atoms with Gasteiger partial charge in [-0.15, -0.1) is 0 Å². The van der Waals surface area contributed by atoms with Gasteiger partial charge in [0.2, 0.25) is 5.91 Å². The van der Waals surface area contributed by atoms with Crippen LogP contribution in [0.15, 0.2) is 30.3 Å². The Morgan fingerprint density at radius 2 is 1.81 bits per heavy atom. The molecule has 0 bridgehead atoms. The van der Waals surface area contributed by atoms with Gasteiger partial charge in [-0.05, 0) is 30.2 Å². The zero-order chi connectivity index (χ0) is 16.8. The quantitative estimate of drug-likeness (QED) is 0.736. The fourth-order valence-corrected chi connectivity index (χ4v) is 2.93. The van der Waals surface area contributed by atoms with Crippen LogP contribution in [0.1, 0.15) is 45.6 Å². The lowest BCUT2D eigenvalue weighted by molar-refractivity contribution is -0.137. The van der Waals surface area contributed by atoms with Crippen molar-refractivity contribution in [1.29, 1.82) is 0 Å². The van der Waals surface area contributed by atoms with Crippen LogP contribution in [-0.2, 0) is 20.9 Å². The molecule has 1 amide bonds. The Morgan fingerprint density at radius 3 is 2.31 bits per heavy atom. The Hall–Kier alpha value is -0.630. The molecular weight excluding hydrogens is 386 g/mol. The highest BCUT2D eigenvalue weighted by molar-refractivity contribution is 7.59. The number of nitrogens with one attached hydrogen (secondary N) is 1. The van der Waals surface area contributed by atoms with Crippen LogP contribution in [0, 0.1) is 11.8 Å². The summed E-state index contributed by atoms with van der Waals surface area (Å²) in [5, 5.41) is 2.91. The first-order valence-electron chi connectivity index (χ1n) is 8.46. The number of carbonyl (C=O) groups is 2. The molecule has 150 valence electrons. The van der Waals surface area contributed by atoms with E-state index in [0.29, 0.717) is 25.4 Å². The molecule has 3 atom stereocenters. The van der Waals surface area contributed by atoms with Gasteiger partial charge in [-0.25, -0.2) is 0 Å². The molecule has 1 fully saturated rings. The third-order valence-electron chi connectivity index (χ3n) is 4.33. The summed E-state index contributed by atoms with van der Waals surface area (Å²) in [7, 11) is 0. The highest BCUT2D eigenvalue weighted by atomic mass is 32.1. The Labute approximate surface area is 178 Å². The van der Waals surface area contributed by atoms with E-state index >= 15 is 0 Å². The molecule has 1 aromatic rings. The smallest absolute Gasteiger partial charge is 0.249 e. The van der Waals surface area contributed by atoms with Crippen molar-refractivity contribution in [3.05, 3.63) is 35.9 Å². The Bertz CT molecular complexity index is 540. The van der Waals surface area contributed by atoms with Gasteiger partial charge in [0.15, 0.2) is 5.78 Å². The average molecular weight is 420 g/mol. The number of benzene rings is 1. The number of hydrogen-bond donors (Lipinski definition) is 1. The second kappa shape index (κ2) is 13.5. The van der Waals surface area contributed by atoms with Gasteiger partial charge in [0.1, 0.15) is 6.10 Å². The summed E-state index contributed by atoms with van der Waals surface area (Å²) in [5.41, 5.74) is 1.04. The van der Waals surface area contributed by atoms with Crippen LogP contribution < -0.4 is 5.32 Å².